The first-order valence-corrected chi connectivity index (χ1v) is 11.7. The maximum absolute atomic E-state index is 4.83. The molecule has 0 aliphatic rings. The number of nitrogens with zero attached hydrogens (tertiary/aromatic N) is 5. The zero-order valence-corrected chi connectivity index (χ0v) is 20.0. The molecule has 0 spiro atoms. The van der Waals surface area contributed by atoms with Gasteiger partial charge in [0.25, 0.3) is 7.05 Å². The van der Waals surface area contributed by atoms with Crippen LogP contribution in [0.4, 0.5) is 5.69 Å². The van der Waals surface area contributed by atoms with Crippen LogP contribution in [0.1, 0.15) is 16.8 Å². The van der Waals surface area contributed by atoms with Gasteiger partial charge < -0.3 is 9.88 Å². The maximum atomic E-state index is 4.83. The number of H-pyrrole nitrogens is 1. The summed E-state index contributed by atoms with van der Waals surface area (Å²) >= 11 is 0. The number of fused-ring (bicyclic) bond motifs is 2. The normalized spacial score (nSPS) is 10.9. The van der Waals surface area contributed by atoms with E-state index in [1.807, 2.05) is 43.8 Å². The molecule has 4 heterocycles. The van der Waals surface area contributed by atoms with Gasteiger partial charge in [-0.1, -0.05) is 17.0 Å². The Balaban J connectivity index is 1.38. The number of anilines is 1. The van der Waals surface area contributed by atoms with Gasteiger partial charge in [-0.15, -0.1) is 0 Å². The van der Waals surface area contributed by atoms with E-state index in [1.165, 1.54) is 5.56 Å². The van der Waals surface area contributed by atoms with Crippen LogP contribution in [-0.4, -0.2) is 38.8 Å². The number of aromatic nitrogens is 5. The van der Waals surface area contributed by atoms with Gasteiger partial charge in [-0.2, -0.15) is 5.10 Å². The van der Waals surface area contributed by atoms with Gasteiger partial charge in [0, 0.05) is 54.4 Å². The molecule has 6 aromatic rings. The Kier molecular flexibility index (Phi) is 5.39. The number of aromatic amines is 1. The zero-order chi connectivity index (χ0) is 24.5. The lowest BCUT2D eigenvalue weighted by atomic mass is 10.0. The number of pyridine rings is 2. The van der Waals surface area contributed by atoms with E-state index in [-0.39, 0.29) is 0 Å². The van der Waals surface area contributed by atoms with Crippen LogP contribution in [-0.2, 0) is 6.42 Å². The number of rotatable bonds is 5. The smallest absolute Gasteiger partial charge is 0.310 e. The van der Waals surface area contributed by atoms with E-state index < -0.39 is 0 Å². The van der Waals surface area contributed by atoms with Crippen molar-refractivity contribution < 1.29 is 0 Å². The quantitative estimate of drug-likeness (QED) is 0.329. The molecule has 2 aromatic carbocycles. The second-order valence-corrected chi connectivity index (χ2v) is 8.64. The first kappa shape index (κ1) is 21.6. The van der Waals surface area contributed by atoms with E-state index in [0.717, 1.165) is 62.1 Å². The minimum Gasteiger partial charge on any atom is -0.385 e. The molecule has 0 aliphatic heterocycles. The number of benzene rings is 2. The summed E-state index contributed by atoms with van der Waals surface area (Å²) in [5, 5.41) is 11.6. The molecule has 174 valence electrons. The second-order valence-electron chi connectivity index (χ2n) is 8.64. The molecule has 2 N–H and O–H groups in total. The molecule has 7 heteroatoms. The van der Waals surface area contributed by atoms with Gasteiger partial charge in [-0.05, 0) is 59.7 Å². The zero-order valence-electron chi connectivity index (χ0n) is 20.0. The fourth-order valence-electron chi connectivity index (χ4n) is 4.52. The highest BCUT2D eigenvalue weighted by atomic mass is 15.1. The SMILES string of the molecule is C[N+]#Cc1ccc(Cc2cc(-c3cnc4c(NC)cn(-c5ccc6cn[nH]c6c5)c4c3)ccn2)cc1. The first-order chi connectivity index (χ1) is 17.7. The number of hydrogen-bond acceptors (Lipinski definition) is 4. The number of nitrogens with one attached hydrogen (secondary N) is 2. The number of hydrogen-bond donors (Lipinski definition) is 2. The van der Waals surface area contributed by atoms with Crippen LogP contribution in [0.2, 0.25) is 0 Å². The van der Waals surface area contributed by atoms with Crippen molar-refractivity contribution in [2.75, 3.05) is 19.4 Å². The van der Waals surface area contributed by atoms with Gasteiger partial charge in [0.2, 0.25) is 0 Å². The third kappa shape index (κ3) is 3.95. The van der Waals surface area contributed by atoms with Gasteiger partial charge in [0.05, 0.1) is 22.9 Å². The van der Waals surface area contributed by atoms with Crippen molar-refractivity contribution in [1.82, 2.24) is 24.7 Å². The summed E-state index contributed by atoms with van der Waals surface area (Å²) < 4.78 is 2.16. The highest BCUT2D eigenvalue weighted by molar-refractivity contribution is 5.93. The minimum atomic E-state index is 0.748. The molecular weight excluding hydrogens is 446 g/mol. The van der Waals surface area contributed by atoms with Crippen LogP contribution in [0.25, 0.3) is 43.6 Å². The lowest BCUT2D eigenvalue weighted by molar-refractivity contribution is 1.07. The molecule has 0 saturated carbocycles. The Labute approximate surface area is 208 Å². The van der Waals surface area contributed by atoms with Crippen molar-refractivity contribution in [1.29, 1.82) is 0 Å². The average Bonchev–Trinajstić information content (AvgIpc) is 3.54. The summed E-state index contributed by atoms with van der Waals surface area (Å²) in [5.41, 5.74) is 10.3. The Bertz CT molecular complexity index is 1770. The third-order valence-electron chi connectivity index (χ3n) is 6.34. The van der Waals surface area contributed by atoms with Crippen molar-refractivity contribution in [2.45, 2.75) is 6.42 Å². The topological polar surface area (TPSA) is 75.8 Å². The van der Waals surface area contributed by atoms with E-state index in [9.17, 15) is 0 Å². The Hall–Kier alpha value is -4.96. The van der Waals surface area contributed by atoms with Gasteiger partial charge in [-0.3, -0.25) is 15.1 Å². The Morgan fingerprint density at radius 1 is 0.972 bits per heavy atom. The molecule has 0 bridgehead atoms. The summed E-state index contributed by atoms with van der Waals surface area (Å²) in [5.74, 6) is 0. The molecule has 0 fully saturated rings. The van der Waals surface area contributed by atoms with E-state index >= 15 is 0 Å². The molecule has 36 heavy (non-hydrogen) atoms. The van der Waals surface area contributed by atoms with Gasteiger partial charge in [0.1, 0.15) is 11.1 Å². The molecule has 6 rings (SSSR count). The van der Waals surface area contributed by atoms with Crippen LogP contribution in [0.5, 0.6) is 0 Å². The predicted molar refractivity (Wildman–Crippen MR) is 145 cm³/mol. The highest BCUT2D eigenvalue weighted by Gasteiger charge is 2.13. The maximum Gasteiger partial charge on any atom is 0.310 e. The molecule has 0 atom stereocenters. The van der Waals surface area contributed by atoms with Gasteiger partial charge >= 0.3 is 6.07 Å². The fourth-order valence-corrected chi connectivity index (χ4v) is 4.52. The van der Waals surface area contributed by atoms with Crippen LogP contribution in [0.15, 0.2) is 85.5 Å². The van der Waals surface area contributed by atoms with Crippen LogP contribution in [0.3, 0.4) is 0 Å². The van der Waals surface area contributed by atoms with E-state index in [2.05, 4.69) is 84.6 Å². The van der Waals surface area contributed by atoms with Crippen molar-refractivity contribution >= 4 is 27.6 Å². The largest absolute Gasteiger partial charge is 0.385 e. The van der Waals surface area contributed by atoms with E-state index in [1.54, 1.807) is 7.05 Å². The van der Waals surface area contributed by atoms with E-state index in [4.69, 9.17) is 4.98 Å². The van der Waals surface area contributed by atoms with Crippen LogP contribution >= 0.6 is 0 Å². The Morgan fingerprint density at radius 2 is 1.86 bits per heavy atom. The van der Waals surface area contributed by atoms with Crippen LogP contribution in [0, 0.1) is 6.07 Å². The van der Waals surface area contributed by atoms with Gasteiger partial charge in [-0.25, -0.2) is 0 Å². The lowest BCUT2D eigenvalue weighted by Gasteiger charge is -2.08. The van der Waals surface area contributed by atoms with Crippen LogP contribution < -0.4 is 5.32 Å². The summed E-state index contributed by atoms with van der Waals surface area (Å²) in [6.07, 6.45) is 8.46. The summed E-state index contributed by atoms with van der Waals surface area (Å²) in [7, 11) is 3.64. The average molecular weight is 471 g/mol. The molecule has 4 aromatic heterocycles. The van der Waals surface area contributed by atoms with Gasteiger partial charge in [0.15, 0.2) is 0 Å². The molecule has 0 radical (unpaired) electrons. The predicted octanol–water partition coefficient (Wildman–Crippen LogP) is 5.91. The lowest BCUT2D eigenvalue weighted by Crippen LogP contribution is -1.95. The molecule has 0 amide bonds. The molecule has 0 unspecified atom stereocenters. The fraction of sp³-hybridized carbons (Fsp3) is 0.103. The van der Waals surface area contributed by atoms with Crippen molar-refractivity contribution in [2.24, 2.45) is 0 Å². The molecule has 0 aliphatic carbocycles. The Morgan fingerprint density at radius 3 is 2.69 bits per heavy atom. The van der Waals surface area contributed by atoms with Crippen molar-refractivity contribution in [3.63, 3.8) is 0 Å². The minimum absolute atomic E-state index is 0.748. The monoisotopic (exact) mass is 470 g/mol. The van der Waals surface area contributed by atoms with Crippen molar-refractivity contribution in [3.8, 4) is 22.9 Å². The third-order valence-corrected chi connectivity index (χ3v) is 6.34. The summed E-state index contributed by atoms with van der Waals surface area (Å²) in [6.45, 7) is 0. The van der Waals surface area contributed by atoms with E-state index in [0.29, 0.717) is 0 Å². The molecular formula is C29H24N7+. The second kappa shape index (κ2) is 9.01. The first-order valence-electron chi connectivity index (χ1n) is 11.7. The standard InChI is InChI=1S/C29H24N7/c1-30-15-20-5-3-19(4-6-20)11-24-12-21(9-10-32-24)23-13-28-29(33-16-23)27(31-2)18-36(28)25-8-7-22-17-34-35-26(22)14-25/h3-10,12-14,16-18,31H,11H2,1-2H3,(H,34,35)/q+1. The van der Waals surface area contributed by atoms with Crippen molar-refractivity contribution in [3.05, 3.63) is 107 Å². The molecule has 0 saturated heterocycles. The summed E-state index contributed by atoms with van der Waals surface area (Å²) in [4.78, 5) is 13.4. The summed E-state index contributed by atoms with van der Waals surface area (Å²) in [6, 6.07) is 23.8. The molecule has 7 nitrogen and oxygen atoms in total. The highest BCUT2D eigenvalue weighted by Crippen LogP contribution is 2.31.